The van der Waals surface area contributed by atoms with Crippen molar-refractivity contribution in [2.45, 2.75) is 0 Å². The van der Waals surface area contributed by atoms with E-state index in [1.54, 1.807) is 0 Å². The van der Waals surface area contributed by atoms with Crippen molar-refractivity contribution in [3.05, 3.63) is 194 Å². The monoisotopic (exact) mass is 684 g/mol. The molecule has 0 aliphatic heterocycles. The molecule has 2 heteroatoms. The quantitative estimate of drug-likeness (QED) is 0.129. The zero-order chi connectivity index (χ0) is 35.3. The number of rotatable bonds is 4. The number of nitrogens with zero attached hydrogens (tertiary/aromatic N) is 2. The molecule has 9 aromatic carbocycles. The molecule has 0 aliphatic carbocycles. The molecule has 3 aromatic heterocycles. The van der Waals surface area contributed by atoms with E-state index in [1.165, 1.54) is 104 Å². The average molecular weight is 685 g/mol. The lowest BCUT2D eigenvalue weighted by molar-refractivity contribution is 1.18. The normalized spacial score (nSPS) is 12.1. The van der Waals surface area contributed by atoms with Crippen molar-refractivity contribution in [1.29, 1.82) is 0 Å². The number of pyridine rings is 1. The molecule has 0 radical (unpaired) electrons. The minimum atomic E-state index is 1.15. The SMILES string of the molecule is c1ccc(-c2cc(-c3ccccc3)cc(-n3c4ccccc4c4cc(-c5cccc6c7ccc8cccc9c%10ccccc%10n(c56)c7c89)ccc43)c2)cc1. The van der Waals surface area contributed by atoms with Gasteiger partial charge in [-0.2, -0.15) is 0 Å². The highest BCUT2D eigenvalue weighted by atomic mass is 15.0. The van der Waals surface area contributed by atoms with Gasteiger partial charge in [0.05, 0.1) is 27.6 Å². The van der Waals surface area contributed by atoms with E-state index in [1.807, 2.05) is 0 Å². The Balaban J connectivity index is 1.14. The summed E-state index contributed by atoms with van der Waals surface area (Å²) in [5.74, 6) is 0. The third kappa shape index (κ3) is 4.11. The summed E-state index contributed by atoms with van der Waals surface area (Å²) >= 11 is 0. The van der Waals surface area contributed by atoms with Crippen molar-refractivity contribution >= 4 is 70.7 Å². The highest BCUT2D eigenvalue weighted by molar-refractivity contribution is 6.29. The zero-order valence-electron chi connectivity index (χ0n) is 29.4. The Morgan fingerprint density at radius 3 is 1.65 bits per heavy atom. The largest absolute Gasteiger partial charge is 0.309 e. The predicted octanol–water partition coefficient (Wildman–Crippen LogP) is 14.1. The fourth-order valence-electron chi connectivity index (χ4n) is 9.27. The van der Waals surface area contributed by atoms with Gasteiger partial charge in [0.15, 0.2) is 0 Å². The van der Waals surface area contributed by atoms with E-state index in [9.17, 15) is 0 Å². The van der Waals surface area contributed by atoms with Gasteiger partial charge < -0.3 is 8.97 Å². The second kappa shape index (κ2) is 11.2. The van der Waals surface area contributed by atoms with Crippen LogP contribution in [-0.2, 0) is 0 Å². The van der Waals surface area contributed by atoms with Crippen molar-refractivity contribution < 1.29 is 0 Å². The second-order valence-corrected chi connectivity index (χ2v) is 14.5. The van der Waals surface area contributed by atoms with Gasteiger partial charge in [0.2, 0.25) is 0 Å². The van der Waals surface area contributed by atoms with Gasteiger partial charge in [-0.1, -0.05) is 152 Å². The van der Waals surface area contributed by atoms with Gasteiger partial charge in [0, 0.05) is 43.6 Å². The van der Waals surface area contributed by atoms with Gasteiger partial charge in [0.1, 0.15) is 0 Å². The summed E-state index contributed by atoms with van der Waals surface area (Å²) in [5.41, 5.74) is 14.6. The lowest BCUT2D eigenvalue weighted by atomic mass is 9.98. The highest BCUT2D eigenvalue weighted by Crippen LogP contribution is 2.45. The van der Waals surface area contributed by atoms with Gasteiger partial charge in [-0.3, -0.25) is 0 Å². The first-order valence-electron chi connectivity index (χ1n) is 18.7. The van der Waals surface area contributed by atoms with Crippen molar-refractivity contribution in [2.24, 2.45) is 0 Å². The van der Waals surface area contributed by atoms with E-state index in [2.05, 4.69) is 203 Å². The molecule has 0 fully saturated rings. The summed E-state index contributed by atoms with van der Waals surface area (Å²) in [6.07, 6.45) is 0. The summed E-state index contributed by atoms with van der Waals surface area (Å²) in [6, 6.07) is 71.5. The van der Waals surface area contributed by atoms with Crippen molar-refractivity contribution in [3.63, 3.8) is 0 Å². The molecule has 12 rings (SSSR count). The number of hydrogen-bond acceptors (Lipinski definition) is 0. The molecule has 0 saturated heterocycles. The molecular weight excluding hydrogens is 653 g/mol. The first-order valence-corrected chi connectivity index (χ1v) is 18.7. The maximum Gasteiger partial charge on any atom is 0.0626 e. The Morgan fingerprint density at radius 2 is 0.889 bits per heavy atom. The Kier molecular flexibility index (Phi) is 6.09. The molecule has 2 nitrogen and oxygen atoms in total. The van der Waals surface area contributed by atoms with Gasteiger partial charge >= 0.3 is 0 Å². The van der Waals surface area contributed by atoms with Gasteiger partial charge in [0.25, 0.3) is 0 Å². The van der Waals surface area contributed by atoms with E-state index in [-0.39, 0.29) is 0 Å². The molecule has 3 heterocycles. The molecule has 12 aromatic rings. The lowest BCUT2D eigenvalue weighted by Gasteiger charge is -2.14. The molecular formula is C52H32N2. The average Bonchev–Trinajstić information content (AvgIpc) is 3.77. The Morgan fingerprint density at radius 1 is 0.296 bits per heavy atom. The van der Waals surface area contributed by atoms with Crippen LogP contribution >= 0.6 is 0 Å². The van der Waals surface area contributed by atoms with Gasteiger partial charge in [-0.25, -0.2) is 0 Å². The topological polar surface area (TPSA) is 9.34 Å². The molecule has 0 unspecified atom stereocenters. The zero-order valence-corrected chi connectivity index (χ0v) is 29.4. The van der Waals surface area contributed by atoms with Crippen LogP contribution in [0.5, 0.6) is 0 Å². The maximum atomic E-state index is 2.54. The molecule has 0 bridgehead atoms. The van der Waals surface area contributed by atoms with Crippen LogP contribution in [0.3, 0.4) is 0 Å². The molecule has 54 heavy (non-hydrogen) atoms. The third-order valence-corrected chi connectivity index (χ3v) is 11.6. The van der Waals surface area contributed by atoms with Crippen LogP contribution in [0.25, 0.3) is 110 Å². The van der Waals surface area contributed by atoms with Crippen LogP contribution in [0.4, 0.5) is 0 Å². The van der Waals surface area contributed by atoms with Gasteiger partial charge in [-0.05, 0) is 81.1 Å². The Labute approximate surface area is 311 Å². The maximum absolute atomic E-state index is 2.54. The van der Waals surface area contributed by atoms with E-state index in [4.69, 9.17) is 0 Å². The van der Waals surface area contributed by atoms with E-state index < -0.39 is 0 Å². The van der Waals surface area contributed by atoms with Crippen LogP contribution in [0.15, 0.2) is 194 Å². The van der Waals surface area contributed by atoms with Crippen molar-refractivity contribution in [1.82, 2.24) is 8.97 Å². The number of benzene rings is 9. The first-order chi connectivity index (χ1) is 26.8. The fourth-order valence-corrected chi connectivity index (χ4v) is 9.27. The van der Waals surface area contributed by atoms with E-state index >= 15 is 0 Å². The second-order valence-electron chi connectivity index (χ2n) is 14.5. The Hall–Kier alpha value is -7.16. The molecule has 0 spiro atoms. The molecule has 250 valence electrons. The van der Waals surface area contributed by atoms with Crippen LogP contribution in [0, 0.1) is 0 Å². The molecule has 0 aliphatic rings. The van der Waals surface area contributed by atoms with Crippen LogP contribution in [-0.4, -0.2) is 8.97 Å². The molecule has 0 amide bonds. The number of fused-ring (bicyclic) bond motifs is 9. The van der Waals surface area contributed by atoms with E-state index in [0.29, 0.717) is 0 Å². The first kappa shape index (κ1) is 29.4. The summed E-state index contributed by atoms with van der Waals surface area (Å²) < 4.78 is 4.99. The predicted molar refractivity (Wildman–Crippen MR) is 229 cm³/mol. The minimum absolute atomic E-state index is 1.15. The molecule has 0 saturated carbocycles. The highest BCUT2D eigenvalue weighted by Gasteiger charge is 2.21. The summed E-state index contributed by atoms with van der Waals surface area (Å²) in [4.78, 5) is 0. The number of para-hydroxylation sites is 3. The van der Waals surface area contributed by atoms with Crippen LogP contribution in [0.2, 0.25) is 0 Å². The minimum Gasteiger partial charge on any atom is -0.309 e. The van der Waals surface area contributed by atoms with Crippen molar-refractivity contribution in [3.8, 4) is 39.1 Å². The molecule has 0 atom stereocenters. The number of aromatic nitrogens is 2. The summed E-state index contributed by atoms with van der Waals surface area (Å²) in [7, 11) is 0. The van der Waals surface area contributed by atoms with E-state index in [0.717, 1.165) is 5.69 Å². The van der Waals surface area contributed by atoms with Gasteiger partial charge in [-0.15, -0.1) is 0 Å². The van der Waals surface area contributed by atoms with Crippen LogP contribution in [0.1, 0.15) is 0 Å². The summed E-state index contributed by atoms with van der Waals surface area (Å²) in [6.45, 7) is 0. The Bertz CT molecular complexity index is 3360. The van der Waals surface area contributed by atoms with Crippen LogP contribution < -0.4 is 0 Å². The smallest absolute Gasteiger partial charge is 0.0626 e. The third-order valence-electron chi connectivity index (χ3n) is 11.6. The van der Waals surface area contributed by atoms with Crippen molar-refractivity contribution in [2.75, 3.05) is 0 Å². The molecule has 0 N–H and O–H groups in total. The summed E-state index contributed by atoms with van der Waals surface area (Å²) in [5, 5.41) is 10.3. The fraction of sp³-hybridized carbons (Fsp3) is 0. The lowest BCUT2D eigenvalue weighted by Crippen LogP contribution is -1.96. The standard InChI is InChI=1S/C52H32N2/c1-3-13-33(14-4-1)37-29-38(34-15-5-2-6-16-34)31-39(30-37)53-47-23-9-8-19-42(47)46-32-36(26-28-49(46)53)40-20-12-22-44-45-27-25-35-17-11-21-43-41-18-7-10-24-48(41)54(51(40)44)52(45)50(35)43/h1-32H. The number of hydrogen-bond donors (Lipinski definition) is 0.